The predicted octanol–water partition coefficient (Wildman–Crippen LogP) is -7.77. The van der Waals surface area contributed by atoms with Crippen molar-refractivity contribution in [2.75, 3.05) is 0 Å². The Morgan fingerprint density at radius 2 is 1.14 bits per heavy atom. The van der Waals surface area contributed by atoms with E-state index in [1.807, 2.05) is 0 Å². The van der Waals surface area contributed by atoms with Crippen LogP contribution in [0.2, 0.25) is 0 Å². The Kier molecular flexibility index (Phi) is 13.2. The van der Waals surface area contributed by atoms with Crippen molar-refractivity contribution >= 4 is 18.9 Å². The summed E-state index contributed by atoms with van der Waals surface area (Å²) in [5.41, 5.74) is 0. The fourth-order valence-corrected chi connectivity index (χ4v) is 0. The maximum Gasteiger partial charge on any atom is 0.368 e. The molecule has 0 bridgehead atoms. The molecule has 0 unspecified atom stereocenters. The Hall–Kier alpha value is 1.69. The maximum atomic E-state index is 8.73. The minimum absolute atomic E-state index is 0. The van der Waals surface area contributed by atoms with E-state index in [0.717, 1.165) is 0 Å². The zero-order chi connectivity index (χ0) is 4.50. The van der Waals surface area contributed by atoms with Gasteiger partial charge < -0.3 is 0 Å². The van der Waals surface area contributed by atoms with Gasteiger partial charge in [0.05, 0.1) is 0 Å². The van der Waals surface area contributed by atoms with Crippen LogP contribution >= 0.6 is 0 Å². The number of rotatable bonds is 0. The maximum absolute atomic E-state index is 8.73. The van der Waals surface area contributed by atoms with E-state index in [9.17, 15) is 0 Å². The van der Waals surface area contributed by atoms with Crippen molar-refractivity contribution in [1.82, 2.24) is 0 Å². The Bertz CT molecular complexity index is 27.2. The number of halogens is 1. The van der Waals surface area contributed by atoms with Crippen molar-refractivity contribution in [2.45, 2.75) is 0 Å². The van der Waals surface area contributed by atoms with Crippen LogP contribution in [0, 0.1) is 0 Å². The molecule has 1 N–H and O–H groups in total. The van der Waals surface area contributed by atoms with Gasteiger partial charge in [-0.05, 0) is 0 Å². The molecule has 0 aromatic rings. The van der Waals surface area contributed by atoms with Crippen molar-refractivity contribution in [3.8, 4) is 0 Å². The van der Waals surface area contributed by atoms with E-state index < -0.39 is 20.1 Å². The van der Waals surface area contributed by atoms with Crippen molar-refractivity contribution in [3.63, 3.8) is 0 Å². The fraction of sp³-hybridized carbons (Fsp3) is 0. The van der Waals surface area contributed by atoms with Gasteiger partial charge in [0, 0.05) is 20.5 Å². The van der Waals surface area contributed by atoms with Gasteiger partial charge in [0.1, 0.15) is 0 Å². The molecular weight excluding hydrogens is 254 g/mol. The SMILES string of the molecule is [Fe].[LiH].[O-][I+3]([O-])([O-])O. The standard InChI is InChI=1S/Fe.HIO4.Li.H/c;2-1(3,4)5;;/h;2H;;. The van der Waals surface area contributed by atoms with Crippen molar-refractivity contribution in [3.05, 3.63) is 0 Å². The zero-order valence-corrected chi connectivity index (χ0v) is 5.67. The summed E-state index contributed by atoms with van der Waals surface area (Å²) < 4.78 is 33.2. The van der Waals surface area contributed by atoms with Gasteiger partial charge in [-0.3, -0.25) is 10.3 Å². The topological polar surface area (TPSA) is 89.4 Å². The third-order valence-electron chi connectivity index (χ3n) is 0. The van der Waals surface area contributed by atoms with Crippen LogP contribution < -0.4 is 30.4 Å². The summed E-state index contributed by atoms with van der Waals surface area (Å²) in [6, 6.07) is 0. The van der Waals surface area contributed by atoms with Crippen LogP contribution in [0.4, 0.5) is 0 Å². The van der Waals surface area contributed by atoms with Crippen LogP contribution in [0.15, 0.2) is 0 Å². The van der Waals surface area contributed by atoms with Crippen LogP contribution in [0.3, 0.4) is 0 Å². The Morgan fingerprint density at radius 3 is 1.14 bits per heavy atom. The molecule has 0 rings (SSSR count). The second-order valence-electron chi connectivity index (χ2n) is 0.396. The summed E-state index contributed by atoms with van der Waals surface area (Å²) in [4.78, 5) is 0. The number of hydrogen-bond acceptors (Lipinski definition) is 4. The van der Waals surface area contributed by atoms with Gasteiger partial charge in [-0.1, -0.05) is 0 Å². The zero-order valence-electron chi connectivity index (χ0n) is 2.40. The van der Waals surface area contributed by atoms with E-state index in [0.29, 0.717) is 0 Å². The van der Waals surface area contributed by atoms with Crippen LogP contribution in [-0.4, -0.2) is 22.3 Å². The second kappa shape index (κ2) is 5.82. The molecule has 42 valence electrons. The second-order valence-corrected chi connectivity index (χ2v) is 2.66. The van der Waals surface area contributed by atoms with Crippen molar-refractivity contribution < 1.29 is 50.9 Å². The third kappa shape index (κ3) is 87.4. The van der Waals surface area contributed by atoms with E-state index in [1.165, 1.54) is 0 Å². The molecule has 0 radical (unpaired) electrons. The van der Waals surface area contributed by atoms with E-state index in [-0.39, 0.29) is 35.9 Å². The summed E-state index contributed by atoms with van der Waals surface area (Å²) in [6.45, 7) is 0. The number of hydrogen-bond donors (Lipinski definition) is 1. The molecule has 0 atom stereocenters. The fourth-order valence-electron chi connectivity index (χ4n) is 0. The monoisotopic (exact) mass is 256 g/mol. The molecule has 0 amide bonds. The Labute approximate surface area is 69.3 Å². The summed E-state index contributed by atoms with van der Waals surface area (Å²) >= 11 is -5.69. The minimum Gasteiger partial charge on any atom is -0.256 e. The van der Waals surface area contributed by atoms with Gasteiger partial charge in [-0.15, -0.1) is 0 Å². The van der Waals surface area contributed by atoms with Crippen LogP contribution in [0.5, 0.6) is 0 Å². The first-order chi connectivity index (χ1) is 2.00. The van der Waals surface area contributed by atoms with Gasteiger partial charge in [-0.2, -0.15) is 0 Å². The molecule has 7 heteroatoms. The van der Waals surface area contributed by atoms with Crippen molar-refractivity contribution in [1.29, 1.82) is 0 Å². The molecule has 0 fully saturated rings. The molecule has 0 aliphatic carbocycles. The molecule has 4 nitrogen and oxygen atoms in total. The van der Waals surface area contributed by atoms with E-state index >= 15 is 0 Å². The molecular formula is H2FeILiO4. The third-order valence-corrected chi connectivity index (χ3v) is 0. The Balaban J connectivity index is -0.0000000800. The van der Waals surface area contributed by atoms with E-state index in [1.54, 1.807) is 0 Å². The van der Waals surface area contributed by atoms with Gasteiger partial charge in [-0.25, -0.2) is 0 Å². The molecule has 0 aliphatic rings. The summed E-state index contributed by atoms with van der Waals surface area (Å²) in [7, 11) is 0. The predicted molar refractivity (Wildman–Crippen MR) is 9.37 cm³/mol. The normalized spacial score (nSPS) is 8.57. The Morgan fingerprint density at radius 1 is 1.14 bits per heavy atom. The van der Waals surface area contributed by atoms with Gasteiger partial charge >= 0.3 is 39.0 Å². The van der Waals surface area contributed by atoms with Crippen LogP contribution in [-0.2, 0) is 17.1 Å². The summed E-state index contributed by atoms with van der Waals surface area (Å²) in [5.74, 6) is 0. The summed E-state index contributed by atoms with van der Waals surface area (Å²) in [5, 5.41) is 0. The molecule has 0 heterocycles. The van der Waals surface area contributed by atoms with Crippen LogP contribution in [0.1, 0.15) is 0 Å². The molecule has 0 saturated carbocycles. The van der Waals surface area contributed by atoms with Gasteiger partial charge in [0.15, 0.2) is 0 Å². The smallest absolute Gasteiger partial charge is 0.256 e. The first-order valence-electron chi connectivity index (χ1n) is 0.632. The average Bonchev–Trinajstić information content (AvgIpc) is 0.722. The minimum atomic E-state index is -5.69. The van der Waals surface area contributed by atoms with E-state index in [4.69, 9.17) is 13.7 Å². The first-order valence-corrected chi connectivity index (χ1v) is 4.24. The molecule has 0 aromatic heterocycles. The molecule has 0 spiro atoms. The molecule has 0 aliphatic heterocycles. The van der Waals surface area contributed by atoms with Gasteiger partial charge in [0.25, 0.3) is 0 Å². The molecule has 0 saturated heterocycles. The molecule has 0 aromatic carbocycles. The van der Waals surface area contributed by atoms with E-state index in [2.05, 4.69) is 0 Å². The van der Waals surface area contributed by atoms with Crippen LogP contribution in [0.25, 0.3) is 0 Å². The van der Waals surface area contributed by atoms with Gasteiger partial charge in [0.2, 0.25) is 0 Å². The largest absolute Gasteiger partial charge is 0.368 e. The summed E-state index contributed by atoms with van der Waals surface area (Å²) in [6.07, 6.45) is 0. The average molecular weight is 256 g/mol. The molecule has 7 heavy (non-hydrogen) atoms. The first kappa shape index (κ1) is 15.9. The quantitative estimate of drug-likeness (QED) is 0.344. The van der Waals surface area contributed by atoms with Crippen molar-refractivity contribution in [2.24, 2.45) is 0 Å².